The maximum Gasteiger partial charge on any atom is 0.123 e. The van der Waals surface area contributed by atoms with Gasteiger partial charge in [-0.25, -0.2) is 4.39 Å². The Labute approximate surface area is 124 Å². The zero-order chi connectivity index (χ0) is 15.1. The quantitative estimate of drug-likeness (QED) is 0.744. The van der Waals surface area contributed by atoms with E-state index in [1.807, 2.05) is 12.1 Å². The molecule has 1 heterocycles. The minimum Gasteiger partial charge on any atom is -0.264 e. The molecule has 2 aromatic rings. The fourth-order valence-electron chi connectivity index (χ4n) is 2.46. The van der Waals surface area contributed by atoms with Crippen molar-refractivity contribution in [3.8, 4) is 6.07 Å². The number of pyridine rings is 1. The van der Waals surface area contributed by atoms with Crippen LogP contribution in [0.3, 0.4) is 0 Å². The van der Waals surface area contributed by atoms with Gasteiger partial charge in [0.25, 0.3) is 0 Å². The average Bonchev–Trinajstić information content (AvgIpc) is 2.53. The molecule has 0 bridgehead atoms. The van der Waals surface area contributed by atoms with Gasteiger partial charge in [-0.3, -0.25) is 4.98 Å². The molecule has 0 radical (unpaired) electrons. The van der Waals surface area contributed by atoms with E-state index in [9.17, 15) is 9.65 Å². The number of nitrogens with zero attached hydrogens (tertiary/aromatic N) is 2. The van der Waals surface area contributed by atoms with Crippen LogP contribution >= 0.6 is 0 Å². The summed E-state index contributed by atoms with van der Waals surface area (Å²) >= 11 is 0. The van der Waals surface area contributed by atoms with Crippen LogP contribution in [0.25, 0.3) is 0 Å². The summed E-state index contributed by atoms with van der Waals surface area (Å²) in [5.74, 6) is -0.296. The van der Waals surface area contributed by atoms with Crippen LogP contribution in [0.15, 0.2) is 61.4 Å². The fourth-order valence-corrected chi connectivity index (χ4v) is 2.46. The molecule has 0 spiro atoms. The predicted octanol–water partition coefficient (Wildman–Crippen LogP) is 4.19. The van der Waals surface area contributed by atoms with E-state index in [0.717, 1.165) is 17.5 Å². The van der Waals surface area contributed by atoms with Crippen molar-refractivity contribution in [1.29, 1.82) is 5.26 Å². The summed E-state index contributed by atoms with van der Waals surface area (Å²) < 4.78 is 13.1. The zero-order valence-corrected chi connectivity index (χ0v) is 11.8. The van der Waals surface area contributed by atoms with Crippen LogP contribution < -0.4 is 0 Å². The number of hydrogen-bond acceptors (Lipinski definition) is 2. The highest BCUT2D eigenvalue weighted by atomic mass is 19.1. The molecule has 0 saturated heterocycles. The number of halogens is 1. The summed E-state index contributed by atoms with van der Waals surface area (Å²) in [5.41, 5.74) is 1.13. The molecule has 1 aromatic carbocycles. The lowest BCUT2D eigenvalue weighted by Crippen LogP contribution is -2.27. The van der Waals surface area contributed by atoms with Gasteiger partial charge >= 0.3 is 0 Å². The summed E-state index contributed by atoms with van der Waals surface area (Å²) in [6, 6.07) is 12.4. The Morgan fingerprint density at radius 3 is 2.62 bits per heavy atom. The SMILES string of the molecule is C=CCCC(C#N)(Cc1cccnc1)c1ccc(F)cc1. The first-order valence-electron chi connectivity index (χ1n) is 6.87. The van der Waals surface area contributed by atoms with Gasteiger partial charge in [0.1, 0.15) is 5.82 Å². The molecule has 1 atom stereocenters. The lowest BCUT2D eigenvalue weighted by atomic mass is 9.73. The normalized spacial score (nSPS) is 13.1. The molecule has 0 fully saturated rings. The van der Waals surface area contributed by atoms with E-state index in [0.29, 0.717) is 12.8 Å². The van der Waals surface area contributed by atoms with Gasteiger partial charge in [-0.2, -0.15) is 5.26 Å². The smallest absolute Gasteiger partial charge is 0.123 e. The van der Waals surface area contributed by atoms with Crippen LogP contribution in [-0.4, -0.2) is 4.98 Å². The molecular formula is C18H17FN2. The molecule has 0 saturated carbocycles. The third-order valence-corrected chi connectivity index (χ3v) is 3.61. The summed E-state index contributed by atoms with van der Waals surface area (Å²) in [7, 11) is 0. The molecular weight excluding hydrogens is 263 g/mol. The van der Waals surface area contributed by atoms with Crippen molar-refractivity contribution in [2.75, 3.05) is 0 Å². The second-order valence-electron chi connectivity index (χ2n) is 5.07. The fraction of sp³-hybridized carbons (Fsp3) is 0.222. The first-order valence-corrected chi connectivity index (χ1v) is 6.87. The predicted molar refractivity (Wildman–Crippen MR) is 81.1 cm³/mol. The Kier molecular flexibility index (Phi) is 4.84. The summed E-state index contributed by atoms with van der Waals surface area (Å²) in [4.78, 5) is 4.10. The second-order valence-corrected chi connectivity index (χ2v) is 5.07. The Balaban J connectivity index is 2.40. The van der Waals surface area contributed by atoms with Gasteiger partial charge in [0.05, 0.1) is 11.5 Å². The van der Waals surface area contributed by atoms with Gasteiger partial charge in [-0.15, -0.1) is 6.58 Å². The van der Waals surface area contributed by atoms with Gasteiger partial charge in [0.2, 0.25) is 0 Å². The summed E-state index contributed by atoms with van der Waals surface area (Å²) in [5, 5.41) is 9.79. The molecule has 0 aliphatic carbocycles. The average molecular weight is 280 g/mol. The number of aromatic nitrogens is 1. The Morgan fingerprint density at radius 1 is 1.29 bits per heavy atom. The highest BCUT2D eigenvalue weighted by Gasteiger charge is 2.32. The minimum atomic E-state index is -0.690. The van der Waals surface area contributed by atoms with E-state index in [4.69, 9.17) is 0 Å². The maximum atomic E-state index is 13.1. The Hall–Kier alpha value is -2.47. The first-order chi connectivity index (χ1) is 10.2. The van der Waals surface area contributed by atoms with Crippen molar-refractivity contribution in [2.24, 2.45) is 0 Å². The van der Waals surface area contributed by atoms with Crippen LogP contribution in [0.2, 0.25) is 0 Å². The first kappa shape index (κ1) is 14.9. The van der Waals surface area contributed by atoms with Gasteiger partial charge in [0, 0.05) is 12.4 Å². The number of rotatable bonds is 6. The van der Waals surface area contributed by atoms with Crippen LogP contribution in [-0.2, 0) is 11.8 Å². The van der Waals surface area contributed by atoms with Crippen LogP contribution in [0.5, 0.6) is 0 Å². The van der Waals surface area contributed by atoms with Crippen molar-refractivity contribution >= 4 is 0 Å². The lowest BCUT2D eigenvalue weighted by Gasteiger charge is -2.27. The van der Waals surface area contributed by atoms with Crippen molar-refractivity contribution in [1.82, 2.24) is 4.98 Å². The number of nitriles is 1. The van der Waals surface area contributed by atoms with Crippen molar-refractivity contribution in [3.63, 3.8) is 0 Å². The van der Waals surface area contributed by atoms with Crippen molar-refractivity contribution < 1.29 is 4.39 Å². The molecule has 1 aromatic heterocycles. The Morgan fingerprint density at radius 2 is 2.05 bits per heavy atom. The van der Waals surface area contributed by atoms with Crippen LogP contribution in [0, 0.1) is 17.1 Å². The number of benzene rings is 1. The highest BCUT2D eigenvalue weighted by molar-refractivity contribution is 5.35. The zero-order valence-electron chi connectivity index (χ0n) is 11.8. The third-order valence-electron chi connectivity index (χ3n) is 3.61. The molecule has 2 rings (SSSR count). The summed E-state index contributed by atoms with van der Waals surface area (Å²) in [6.07, 6.45) is 7.21. The monoisotopic (exact) mass is 280 g/mol. The molecule has 1 unspecified atom stereocenters. The largest absolute Gasteiger partial charge is 0.264 e. The van der Waals surface area contributed by atoms with Gasteiger partial charge < -0.3 is 0 Å². The second kappa shape index (κ2) is 6.81. The molecule has 0 N–H and O–H groups in total. The van der Waals surface area contributed by atoms with Gasteiger partial charge in [-0.05, 0) is 48.6 Å². The maximum absolute atomic E-state index is 13.1. The molecule has 0 aliphatic rings. The van der Waals surface area contributed by atoms with E-state index in [1.165, 1.54) is 12.1 Å². The molecule has 0 amide bonds. The van der Waals surface area contributed by atoms with Crippen LogP contribution in [0.1, 0.15) is 24.0 Å². The topological polar surface area (TPSA) is 36.7 Å². The van der Waals surface area contributed by atoms with E-state index >= 15 is 0 Å². The highest BCUT2D eigenvalue weighted by Crippen LogP contribution is 2.33. The van der Waals surface area contributed by atoms with E-state index in [-0.39, 0.29) is 5.82 Å². The Bertz CT molecular complexity index is 629. The van der Waals surface area contributed by atoms with Gasteiger partial charge in [-0.1, -0.05) is 24.3 Å². The van der Waals surface area contributed by atoms with E-state index in [1.54, 1.807) is 30.6 Å². The van der Waals surface area contributed by atoms with Crippen molar-refractivity contribution in [3.05, 3.63) is 78.4 Å². The minimum absolute atomic E-state index is 0.296. The van der Waals surface area contributed by atoms with Crippen LogP contribution in [0.4, 0.5) is 4.39 Å². The molecule has 2 nitrogen and oxygen atoms in total. The third kappa shape index (κ3) is 3.55. The number of hydrogen-bond donors (Lipinski definition) is 0. The molecule has 3 heteroatoms. The molecule has 21 heavy (non-hydrogen) atoms. The molecule has 0 aliphatic heterocycles. The molecule has 106 valence electrons. The lowest BCUT2D eigenvalue weighted by molar-refractivity contribution is 0.502. The van der Waals surface area contributed by atoms with E-state index < -0.39 is 5.41 Å². The van der Waals surface area contributed by atoms with E-state index in [2.05, 4.69) is 17.6 Å². The van der Waals surface area contributed by atoms with Gasteiger partial charge in [0.15, 0.2) is 0 Å². The standard InChI is InChI=1S/C18H17FN2/c1-2-3-10-18(14-20,12-15-5-4-11-21-13-15)16-6-8-17(19)9-7-16/h2,4-9,11,13H,1,3,10,12H2. The summed E-state index contributed by atoms with van der Waals surface area (Å²) in [6.45, 7) is 3.73. The number of allylic oxidation sites excluding steroid dienone is 1. The van der Waals surface area contributed by atoms with Crippen molar-refractivity contribution in [2.45, 2.75) is 24.7 Å².